The van der Waals surface area contributed by atoms with Crippen molar-refractivity contribution in [3.05, 3.63) is 29.3 Å². The molecular weight excluding hydrogens is 270 g/mol. The zero-order chi connectivity index (χ0) is 16.0. The van der Waals surface area contributed by atoms with Crippen molar-refractivity contribution in [1.82, 2.24) is 10.9 Å². The molecule has 1 rings (SSSR count). The Balaban J connectivity index is 3.14. The monoisotopic (exact) mass is 289 g/mol. The summed E-state index contributed by atoms with van der Waals surface area (Å²) in [6.07, 6.45) is 0. The van der Waals surface area contributed by atoms with Gasteiger partial charge in [-0.3, -0.25) is 10.8 Å². The van der Waals surface area contributed by atoms with Gasteiger partial charge >= 0.3 is 0 Å². The van der Waals surface area contributed by atoms with Crippen LogP contribution in [0, 0.1) is 10.8 Å². The van der Waals surface area contributed by atoms with Crippen molar-refractivity contribution < 1.29 is 0 Å². The molecule has 0 amide bonds. The van der Waals surface area contributed by atoms with E-state index in [0.29, 0.717) is 28.2 Å². The quantitative estimate of drug-likeness (QED) is 0.174. The molecule has 0 fully saturated rings. The fourth-order valence-electron chi connectivity index (χ4n) is 1.60. The van der Waals surface area contributed by atoms with Crippen LogP contribution in [0.4, 0.5) is 5.69 Å². The standard InChI is InChI=1S/C12H19N9/c1-6(18-20-11(14)15)8-4-3-5-9(10(8)13)7(2)19-21-12(16)17/h3-5H,13H2,1-2H3,(H4,14,15,20)(H4,16,17,21)/b18-6+,19-7+. The van der Waals surface area contributed by atoms with Gasteiger partial charge < -0.3 is 17.2 Å². The Labute approximate surface area is 122 Å². The molecule has 0 saturated carbocycles. The third kappa shape index (κ3) is 4.49. The first kappa shape index (κ1) is 16.0. The largest absolute Gasteiger partial charge is 0.398 e. The minimum atomic E-state index is -0.257. The first-order chi connectivity index (χ1) is 9.82. The lowest BCUT2D eigenvalue weighted by Gasteiger charge is -2.11. The second-order valence-corrected chi connectivity index (χ2v) is 4.21. The predicted octanol–water partition coefficient (Wildman–Crippen LogP) is -0.317. The third-order valence-corrected chi connectivity index (χ3v) is 2.57. The third-order valence-electron chi connectivity index (χ3n) is 2.57. The highest BCUT2D eigenvalue weighted by Gasteiger charge is 2.10. The molecule has 0 bridgehead atoms. The van der Waals surface area contributed by atoms with Crippen LogP contribution in [0.1, 0.15) is 25.0 Å². The Morgan fingerprint density at radius 1 is 0.952 bits per heavy atom. The molecule has 0 heterocycles. The predicted molar refractivity (Wildman–Crippen MR) is 85.4 cm³/mol. The number of hydrazone groups is 2. The number of para-hydroxylation sites is 1. The lowest BCUT2D eigenvalue weighted by atomic mass is 10.0. The van der Waals surface area contributed by atoms with E-state index in [0.717, 1.165) is 0 Å². The van der Waals surface area contributed by atoms with Crippen LogP contribution >= 0.6 is 0 Å². The molecule has 9 nitrogen and oxygen atoms in total. The Morgan fingerprint density at radius 2 is 1.33 bits per heavy atom. The number of hydrogen-bond acceptors (Lipinski definition) is 5. The molecule has 0 aliphatic heterocycles. The molecular formula is C12H19N9. The maximum absolute atomic E-state index is 7.08. The molecule has 0 aliphatic rings. The minimum Gasteiger partial charge on any atom is -0.398 e. The molecule has 10 N–H and O–H groups in total. The van der Waals surface area contributed by atoms with Crippen molar-refractivity contribution in [3.8, 4) is 0 Å². The molecule has 0 aromatic heterocycles. The highest BCUT2D eigenvalue weighted by molar-refractivity contribution is 6.10. The Hall–Kier alpha value is -3.10. The van der Waals surface area contributed by atoms with Crippen LogP contribution in [0.15, 0.2) is 28.4 Å². The van der Waals surface area contributed by atoms with E-state index < -0.39 is 0 Å². The van der Waals surface area contributed by atoms with Gasteiger partial charge in [-0.15, -0.1) is 0 Å². The van der Waals surface area contributed by atoms with Crippen molar-refractivity contribution in [2.75, 3.05) is 5.73 Å². The lowest BCUT2D eigenvalue weighted by molar-refractivity contribution is 0.990. The summed E-state index contributed by atoms with van der Waals surface area (Å²) in [5.74, 6) is -0.514. The van der Waals surface area contributed by atoms with E-state index in [-0.39, 0.29) is 11.9 Å². The number of benzene rings is 1. The zero-order valence-corrected chi connectivity index (χ0v) is 11.9. The van der Waals surface area contributed by atoms with Gasteiger partial charge in [0.05, 0.1) is 11.4 Å². The molecule has 1 aromatic rings. The van der Waals surface area contributed by atoms with Gasteiger partial charge in [0.15, 0.2) is 0 Å². The fourth-order valence-corrected chi connectivity index (χ4v) is 1.60. The molecule has 21 heavy (non-hydrogen) atoms. The van der Waals surface area contributed by atoms with Crippen LogP contribution in [-0.2, 0) is 0 Å². The van der Waals surface area contributed by atoms with Gasteiger partial charge in [0.1, 0.15) is 0 Å². The summed E-state index contributed by atoms with van der Waals surface area (Å²) in [5.41, 5.74) is 24.2. The number of nitrogens with zero attached hydrogens (tertiary/aromatic N) is 2. The number of nitrogen functional groups attached to an aromatic ring is 1. The molecule has 9 heteroatoms. The van der Waals surface area contributed by atoms with E-state index in [9.17, 15) is 0 Å². The van der Waals surface area contributed by atoms with Gasteiger partial charge in [-0.2, -0.15) is 10.2 Å². The van der Waals surface area contributed by atoms with Gasteiger partial charge in [0.2, 0.25) is 11.9 Å². The molecule has 112 valence electrons. The molecule has 0 atom stereocenters. The normalized spacial score (nSPS) is 11.9. The molecule has 1 aromatic carbocycles. The van der Waals surface area contributed by atoms with Crippen molar-refractivity contribution in [2.45, 2.75) is 13.8 Å². The first-order valence-corrected chi connectivity index (χ1v) is 6.00. The number of anilines is 1. The number of nitrogens with one attached hydrogen (secondary N) is 4. The zero-order valence-electron chi connectivity index (χ0n) is 11.9. The van der Waals surface area contributed by atoms with Crippen molar-refractivity contribution >= 4 is 29.0 Å². The molecule has 0 saturated heterocycles. The Kier molecular flexibility index (Phi) is 5.24. The maximum Gasteiger partial charge on any atom is 0.206 e. The van der Waals surface area contributed by atoms with Crippen molar-refractivity contribution in [3.63, 3.8) is 0 Å². The summed E-state index contributed by atoms with van der Waals surface area (Å²) in [6.45, 7) is 3.48. The minimum absolute atomic E-state index is 0.257. The van der Waals surface area contributed by atoms with E-state index >= 15 is 0 Å². The molecule has 0 aliphatic carbocycles. The molecule has 0 spiro atoms. The fraction of sp³-hybridized carbons (Fsp3) is 0.167. The number of guanidine groups is 2. The first-order valence-electron chi connectivity index (χ1n) is 6.00. The van der Waals surface area contributed by atoms with E-state index in [2.05, 4.69) is 21.1 Å². The van der Waals surface area contributed by atoms with E-state index in [1.54, 1.807) is 32.0 Å². The van der Waals surface area contributed by atoms with Gasteiger partial charge in [0, 0.05) is 16.8 Å². The summed E-state index contributed by atoms with van der Waals surface area (Å²) >= 11 is 0. The number of nitrogens with two attached hydrogens (primary N) is 3. The van der Waals surface area contributed by atoms with Crippen LogP contribution in [0.2, 0.25) is 0 Å². The number of hydrogen-bond donors (Lipinski definition) is 7. The van der Waals surface area contributed by atoms with E-state index in [4.69, 9.17) is 28.0 Å². The Bertz CT molecular complexity index is 565. The average molecular weight is 289 g/mol. The highest BCUT2D eigenvalue weighted by Crippen LogP contribution is 2.19. The maximum atomic E-state index is 7.08. The summed E-state index contributed by atoms with van der Waals surface area (Å²) < 4.78 is 0. The summed E-state index contributed by atoms with van der Waals surface area (Å²) in [7, 11) is 0. The van der Waals surface area contributed by atoms with Gasteiger partial charge in [0.25, 0.3) is 0 Å². The summed E-state index contributed by atoms with van der Waals surface area (Å²) in [5, 5.41) is 22.1. The smallest absolute Gasteiger partial charge is 0.206 e. The van der Waals surface area contributed by atoms with Crippen LogP contribution in [-0.4, -0.2) is 23.3 Å². The molecule has 0 unspecified atom stereocenters. The SMILES string of the molecule is C/C(=N\NC(=N)N)c1cccc(/C(C)=N/NC(=N)N)c1N. The second kappa shape index (κ2) is 6.89. The Morgan fingerprint density at radius 3 is 1.67 bits per heavy atom. The van der Waals surface area contributed by atoms with Crippen molar-refractivity contribution in [1.29, 1.82) is 10.8 Å². The van der Waals surface area contributed by atoms with Crippen LogP contribution in [0.3, 0.4) is 0 Å². The van der Waals surface area contributed by atoms with Crippen LogP contribution in [0.25, 0.3) is 0 Å². The summed E-state index contributed by atoms with van der Waals surface area (Å²) in [4.78, 5) is 0. The van der Waals surface area contributed by atoms with Gasteiger partial charge in [-0.1, -0.05) is 18.2 Å². The van der Waals surface area contributed by atoms with Crippen molar-refractivity contribution in [2.24, 2.45) is 21.7 Å². The van der Waals surface area contributed by atoms with E-state index in [1.165, 1.54) is 0 Å². The van der Waals surface area contributed by atoms with Gasteiger partial charge in [-0.25, -0.2) is 10.9 Å². The number of rotatable bonds is 4. The summed E-state index contributed by atoms with van der Waals surface area (Å²) in [6, 6.07) is 5.40. The average Bonchev–Trinajstić information content (AvgIpc) is 2.42. The highest BCUT2D eigenvalue weighted by atomic mass is 15.3. The van der Waals surface area contributed by atoms with Crippen LogP contribution < -0.4 is 28.1 Å². The molecule has 0 radical (unpaired) electrons. The topological polar surface area (TPSA) is 175 Å². The van der Waals surface area contributed by atoms with Gasteiger partial charge in [-0.05, 0) is 13.8 Å². The second-order valence-electron chi connectivity index (χ2n) is 4.21. The van der Waals surface area contributed by atoms with Crippen LogP contribution in [0.5, 0.6) is 0 Å². The lowest BCUT2D eigenvalue weighted by Crippen LogP contribution is -2.27. The van der Waals surface area contributed by atoms with E-state index in [1.807, 2.05) is 0 Å².